The molecule has 1 aromatic carbocycles. The average molecular weight is 329 g/mol. The minimum atomic E-state index is -0.474. The molecule has 0 aliphatic carbocycles. The first-order valence-electron chi connectivity index (χ1n) is 7.78. The number of rotatable bonds is 0. The van der Waals surface area contributed by atoms with E-state index >= 15 is 0 Å². The highest BCUT2D eigenvalue weighted by molar-refractivity contribution is 6.31. The number of aromatic nitrogens is 1. The predicted octanol–water partition coefficient (Wildman–Crippen LogP) is 2.30. The van der Waals surface area contributed by atoms with Crippen molar-refractivity contribution in [1.29, 1.82) is 5.26 Å². The van der Waals surface area contributed by atoms with Crippen LogP contribution in [0.2, 0.25) is 5.02 Å². The van der Waals surface area contributed by atoms with Crippen molar-refractivity contribution in [3.05, 3.63) is 34.5 Å². The van der Waals surface area contributed by atoms with Crippen molar-refractivity contribution >= 4 is 28.4 Å². The fourth-order valence-corrected chi connectivity index (χ4v) is 4.28. The second-order valence-electron chi connectivity index (χ2n) is 6.41. The Labute approximate surface area is 139 Å². The summed E-state index contributed by atoms with van der Waals surface area (Å²) >= 11 is 6.12. The van der Waals surface area contributed by atoms with Crippen LogP contribution in [0.5, 0.6) is 0 Å². The number of piperidine rings is 1. The van der Waals surface area contributed by atoms with E-state index in [1.807, 2.05) is 29.8 Å². The third-order valence-corrected chi connectivity index (χ3v) is 5.48. The lowest BCUT2D eigenvalue weighted by molar-refractivity contribution is 0.0827. The molecule has 3 heterocycles. The molecule has 1 spiro atoms. The van der Waals surface area contributed by atoms with Crippen molar-refractivity contribution in [2.45, 2.75) is 24.3 Å². The molecule has 2 aliphatic heterocycles. The van der Waals surface area contributed by atoms with Crippen LogP contribution in [0.3, 0.4) is 0 Å². The molecule has 1 fully saturated rings. The number of hydrogen-bond acceptors (Lipinski definition) is 3. The second-order valence-corrected chi connectivity index (χ2v) is 6.84. The quantitative estimate of drug-likeness (QED) is 0.779. The summed E-state index contributed by atoms with van der Waals surface area (Å²) in [5, 5.41) is 17.9. The van der Waals surface area contributed by atoms with E-state index in [0.717, 1.165) is 42.4 Å². The summed E-state index contributed by atoms with van der Waals surface area (Å²) in [7, 11) is 1.85. The molecule has 1 saturated heterocycles. The molecule has 2 N–H and O–H groups in total. The zero-order chi connectivity index (χ0) is 16.2. The topological polar surface area (TPSA) is 69.8 Å². The Kier molecular flexibility index (Phi) is 3.15. The van der Waals surface area contributed by atoms with Crippen molar-refractivity contribution in [1.82, 2.24) is 15.2 Å². The van der Waals surface area contributed by atoms with Crippen molar-refractivity contribution in [2.75, 3.05) is 13.1 Å². The van der Waals surface area contributed by atoms with Gasteiger partial charge in [0.2, 0.25) is 0 Å². The number of nitrogens with one attached hydrogen (secondary N) is 2. The summed E-state index contributed by atoms with van der Waals surface area (Å²) in [5.74, 6) is -0.439. The molecule has 2 aliphatic rings. The van der Waals surface area contributed by atoms with Crippen molar-refractivity contribution in [3.8, 4) is 6.07 Å². The van der Waals surface area contributed by atoms with E-state index in [9.17, 15) is 10.1 Å². The molecular weight excluding hydrogens is 312 g/mol. The van der Waals surface area contributed by atoms with Gasteiger partial charge in [0.25, 0.3) is 5.91 Å². The standard InChI is InChI=1S/C17H17ClN4O/c1-22-13-8-10(18)2-3-11(13)14-12(9-19)17(4-6-20-7-5-17)21-16(23)15(14)22/h2-3,8,12,20H,4-7H2,1H3,(H,21,23). The summed E-state index contributed by atoms with van der Waals surface area (Å²) in [6, 6.07) is 8.07. The largest absolute Gasteiger partial charge is 0.344 e. The van der Waals surface area contributed by atoms with Crippen LogP contribution in [0.4, 0.5) is 0 Å². The van der Waals surface area contributed by atoms with Gasteiger partial charge in [-0.3, -0.25) is 4.79 Å². The Bertz CT molecular complexity index is 858. The fourth-order valence-electron chi connectivity index (χ4n) is 4.11. The van der Waals surface area contributed by atoms with Gasteiger partial charge < -0.3 is 15.2 Å². The Hall–Kier alpha value is -2.03. The number of fused-ring (bicyclic) bond motifs is 3. The van der Waals surface area contributed by atoms with Gasteiger partial charge in [-0.25, -0.2) is 0 Å². The average Bonchev–Trinajstić information content (AvgIpc) is 2.82. The molecule has 118 valence electrons. The molecule has 23 heavy (non-hydrogen) atoms. The number of benzene rings is 1. The van der Waals surface area contributed by atoms with Gasteiger partial charge in [-0.2, -0.15) is 5.26 Å². The highest BCUT2D eigenvalue weighted by Gasteiger charge is 2.49. The summed E-state index contributed by atoms with van der Waals surface area (Å²) in [6.07, 6.45) is 1.53. The van der Waals surface area contributed by atoms with Crippen molar-refractivity contribution in [2.24, 2.45) is 7.05 Å². The monoisotopic (exact) mass is 328 g/mol. The SMILES string of the molecule is Cn1c2c(c3ccc(Cl)cc31)C(C#N)C1(CCNCC1)NC2=O. The highest BCUT2D eigenvalue weighted by Crippen LogP contribution is 2.44. The van der Waals surface area contributed by atoms with Crippen molar-refractivity contribution < 1.29 is 4.79 Å². The Morgan fingerprint density at radius 1 is 1.39 bits per heavy atom. The van der Waals surface area contributed by atoms with Gasteiger partial charge in [-0.15, -0.1) is 0 Å². The lowest BCUT2D eigenvalue weighted by Crippen LogP contribution is -2.60. The van der Waals surface area contributed by atoms with Crippen LogP contribution >= 0.6 is 11.6 Å². The molecular formula is C17H17ClN4O. The molecule has 1 aromatic heterocycles. The summed E-state index contributed by atoms with van der Waals surface area (Å²) in [6.45, 7) is 1.62. The molecule has 5 nitrogen and oxygen atoms in total. The van der Waals surface area contributed by atoms with Crippen LogP contribution in [-0.4, -0.2) is 29.1 Å². The molecule has 0 saturated carbocycles. The minimum Gasteiger partial charge on any atom is -0.344 e. The Balaban J connectivity index is 2.02. The van der Waals surface area contributed by atoms with Crippen LogP contribution in [0.15, 0.2) is 18.2 Å². The van der Waals surface area contributed by atoms with Crippen LogP contribution in [-0.2, 0) is 7.05 Å². The maximum Gasteiger partial charge on any atom is 0.268 e. The van der Waals surface area contributed by atoms with E-state index in [4.69, 9.17) is 11.6 Å². The number of nitriles is 1. The maximum atomic E-state index is 12.8. The number of carbonyl (C=O) groups excluding carboxylic acids is 1. The number of amides is 1. The fraction of sp³-hybridized carbons (Fsp3) is 0.412. The first-order chi connectivity index (χ1) is 11.1. The molecule has 1 unspecified atom stereocenters. The van der Waals surface area contributed by atoms with Crippen LogP contribution in [0.25, 0.3) is 10.9 Å². The van der Waals surface area contributed by atoms with Gasteiger partial charge in [-0.1, -0.05) is 17.7 Å². The van der Waals surface area contributed by atoms with E-state index in [-0.39, 0.29) is 11.8 Å². The van der Waals surface area contributed by atoms with Gasteiger partial charge in [-0.05, 0) is 38.1 Å². The maximum absolute atomic E-state index is 12.8. The predicted molar refractivity (Wildman–Crippen MR) is 88.6 cm³/mol. The van der Waals surface area contributed by atoms with Crippen molar-refractivity contribution in [3.63, 3.8) is 0 Å². The van der Waals surface area contributed by atoms with E-state index in [0.29, 0.717) is 10.7 Å². The molecule has 6 heteroatoms. The molecule has 1 atom stereocenters. The molecule has 0 bridgehead atoms. The molecule has 4 rings (SSSR count). The van der Waals surface area contributed by atoms with Gasteiger partial charge in [0.05, 0.1) is 23.0 Å². The number of hydrogen-bond donors (Lipinski definition) is 2. The van der Waals surface area contributed by atoms with E-state index < -0.39 is 5.54 Å². The van der Waals surface area contributed by atoms with Crippen LogP contribution < -0.4 is 10.6 Å². The third-order valence-electron chi connectivity index (χ3n) is 5.25. The number of nitrogens with zero attached hydrogens (tertiary/aromatic N) is 2. The van der Waals surface area contributed by atoms with E-state index in [1.165, 1.54) is 0 Å². The number of aryl methyl sites for hydroxylation is 1. The van der Waals surface area contributed by atoms with Gasteiger partial charge in [0, 0.05) is 23.0 Å². The number of halogens is 1. The normalized spacial score (nSPS) is 22.7. The first-order valence-corrected chi connectivity index (χ1v) is 8.16. The zero-order valence-electron chi connectivity index (χ0n) is 12.8. The molecule has 2 aromatic rings. The highest BCUT2D eigenvalue weighted by atomic mass is 35.5. The minimum absolute atomic E-state index is 0.0942. The lowest BCUT2D eigenvalue weighted by atomic mass is 9.71. The number of carbonyl (C=O) groups is 1. The smallest absolute Gasteiger partial charge is 0.268 e. The van der Waals surface area contributed by atoms with Gasteiger partial charge in [0.1, 0.15) is 5.69 Å². The van der Waals surface area contributed by atoms with Crippen LogP contribution in [0, 0.1) is 11.3 Å². The van der Waals surface area contributed by atoms with E-state index in [1.54, 1.807) is 0 Å². The summed E-state index contributed by atoms with van der Waals surface area (Å²) in [4.78, 5) is 12.8. The van der Waals surface area contributed by atoms with E-state index in [2.05, 4.69) is 16.7 Å². The summed E-state index contributed by atoms with van der Waals surface area (Å²) in [5.41, 5.74) is 1.85. The second kappa shape index (κ2) is 4.98. The third kappa shape index (κ3) is 1.92. The Morgan fingerprint density at radius 2 is 2.13 bits per heavy atom. The van der Waals surface area contributed by atoms with Gasteiger partial charge in [0.15, 0.2) is 0 Å². The zero-order valence-corrected chi connectivity index (χ0v) is 13.6. The summed E-state index contributed by atoms with van der Waals surface area (Å²) < 4.78 is 1.85. The molecule has 0 radical (unpaired) electrons. The van der Waals surface area contributed by atoms with Gasteiger partial charge >= 0.3 is 0 Å². The molecule has 1 amide bonds. The first kappa shape index (κ1) is 14.6. The Morgan fingerprint density at radius 3 is 2.83 bits per heavy atom. The van der Waals surface area contributed by atoms with Crippen LogP contribution in [0.1, 0.15) is 34.8 Å². The lowest BCUT2D eigenvalue weighted by Gasteiger charge is -2.44.